The maximum absolute atomic E-state index is 2.38. The lowest BCUT2D eigenvalue weighted by molar-refractivity contribution is 0.485. The molecule has 16 heavy (non-hydrogen) atoms. The Bertz CT molecular complexity index is 312. The number of aryl methyl sites for hydroxylation is 2. The zero-order chi connectivity index (χ0) is 12.0. The lowest BCUT2D eigenvalue weighted by atomic mass is 9.91. The molecule has 0 heterocycles. The van der Waals surface area contributed by atoms with E-state index >= 15 is 0 Å². The minimum atomic E-state index is 0.870. The predicted octanol–water partition coefficient (Wildman–Crippen LogP) is 4.93. The summed E-state index contributed by atoms with van der Waals surface area (Å²) < 4.78 is 0. The van der Waals surface area contributed by atoms with Crippen molar-refractivity contribution in [3.05, 3.63) is 34.9 Å². The van der Waals surface area contributed by atoms with E-state index in [-0.39, 0.29) is 0 Å². The Morgan fingerprint density at radius 3 is 2.50 bits per heavy atom. The quantitative estimate of drug-likeness (QED) is 0.635. The van der Waals surface area contributed by atoms with Crippen molar-refractivity contribution in [1.82, 2.24) is 0 Å². The molecule has 1 unspecified atom stereocenters. The second-order valence-electron chi connectivity index (χ2n) is 5.00. The van der Waals surface area contributed by atoms with Crippen molar-refractivity contribution in [2.75, 3.05) is 0 Å². The van der Waals surface area contributed by atoms with Crippen molar-refractivity contribution in [2.45, 2.75) is 59.8 Å². The first-order valence-corrected chi connectivity index (χ1v) is 6.76. The van der Waals surface area contributed by atoms with Gasteiger partial charge in [-0.15, -0.1) is 0 Å². The first-order chi connectivity index (χ1) is 7.69. The summed E-state index contributed by atoms with van der Waals surface area (Å²) in [5.41, 5.74) is 4.62. The van der Waals surface area contributed by atoms with Gasteiger partial charge >= 0.3 is 0 Å². The normalized spacial score (nSPS) is 12.8. The first kappa shape index (κ1) is 13.3. The van der Waals surface area contributed by atoms with E-state index in [1.165, 1.54) is 37.7 Å². The van der Waals surface area contributed by atoms with Gasteiger partial charge < -0.3 is 0 Å². The van der Waals surface area contributed by atoms with Gasteiger partial charge in [-0.1, -0.05) is 51.8 Å². The molecule has 0 aliphatic heterocycles. The minimum Gasteiger partial charge on any atom is -0.0654 e. The Morgan fingerprint density at radius 2 is 1.88 bits per heavy atom. The molecule has 1 rings (SSSR count). The highest BCUT2D eigenvalue weighted by molar-refractivity contribution is 5.34. The Labute approximate surface area is 101 Å². The molecule has 1 aromatic rings. The largest absolute Gasteiger partial charge is 0.0654 e. The van der Waals surface area contributed by atoms with E-state index in [0.717, 1.165) is 5.92 Å². The summed E-state index contributed by atoms with van der Waals surface area (Å²) in [4.78, 5) is 0. The van der Waals surface area contributed by atoms with Crippen molar-refractivity contribution >= 4 is 0 Å². The van der Waals surface area contributed by atoms with Gasteiger partial charge in [-0.05, 0) is 48.8 Å². The Morgan fingerprint density at radius 1 is 1.12 bits per heavy atom. The molecule has 0 fully saturated rings. The molecule has 0 saturated carbocycles. The van der Waals surface area contributed by atoms with Crippen LogP contribution in [-0.2, 0) is 12.8 Å². The standard InChI is InChI=1S/C16H26/c1-5-8-13(3)11-12-16-14(4)9-7-10-15(16)6-2/h7,9-10,13H,5-6,8,11-12H2,1-4H3. The molecule has 0 aromatic heterocycles. The van der Waals surface area contributed by atoms with Crippen molar-refractivity contribution in [2.24, 2.45) is 5.92 Å². The van der Waals surface area contributed by atoms with E-state index in [1.54, 1.807) is 11.1 Å². The van der Waals surface area contributed by atoms with E-state index in [1.807, 2.05) is 0 Å². The molecule has 0 aliphatic carbocycles. The third-order valence-electron chi connectivity index (χ3n) is 3.56. The Hall–Kier alpha value is -0.780. The van der Waals surface area contributed by atoms with Crippen LogP contribution in [0.4, 0.5) is 0 Å². The van der Waals surface area contributed by atoms with Crippen LogP contribution in [0.3, 0.4) is 0 Å². The minimum absolute atomic E-state index is 0.870. The van der Waals surface area contributed by atoms with Gasteiger partial charge in [0.2, 0.25) is 0 Å². The molecule has 1 aromatic carbocycles. The molecule has 0 heteroatoms. The number of benzene rings is 1. The molecule has 0 saturated heterocycles. The van der Waals surface area contributed by atoms with Crippen molar-refractivity contribution in [1.29, 1.82) is 0 Å². The molecule has 0 amide bonds. The maximum Gasteiger partial charge on any atom is -0.0271 e. The van der Waals surface area contributed by atoms with Crippen molar-refractivity contribution < 1.29 is 0 Å². The van der Waals surface area contributed by atoms with Crippen LogP contribution >= 0.6 is 0 Å². The lowest BCUT2D eigenvalue weighted by Gasteiger charge is -2.14. The summed E-state index contributed by atoms with van der Waals surface area (Å²) in [5.74, 6) is 0.870. The van der Waals surface area contributed by atoms with Gasteiger partial charge in [0.1, 0.15) is 0 Å². The fraction of sp³-hybridized carbons (Fsp3) is 0.625. The summed E-state index contributed by atoms with van der Waals surface area (Å²) in [7, 11) is 0. The molecule has 0 bridgehead atoms. The maximum atomic E-state index is 2.38. The van der Waals surface area contributed by atoms with Crippen LogP contribution in [0.25, 0.3) is 0 Å². The lowest BCUT2D eigenvalue weighted by Crippen LogP contribution is -2.01. The zero-order valence-electron chi connectivity index (χ0n) is 11.3. The van der Waals surface area contributed by atoms with Crippen LogP contribution in [0, 0.1) is 12.8 Å². The van der Waals surface area contributed by atoms with Crippen LogP contribution in [0.2, 0.25) is 0 Å². The monoisotopic (exact) mass is 218 g/mol. The molecule has 0 nitrogen and oxygen atoms in total. The summed E-state index contributed by atoms with van der Waals surface area (Å²) in [6.45, 7) is 9.17. The first-order valence-electron chi connectivity index (χ1n) is 6.76. The van der Waals surface area contributed by atoms with Gasteiger partial charge in [-0.3, -0.25) is 0 Å². The zero-order valence-corrected chi connectivity index (χ0v) is 11.3. The number of hydrogen-bond donors (Lipinski definition) is 0. The van der Waals surface area contributed by atoms with Crippen molar-refractivity contribution in [3.63, 3.8) is 0 Å². The molecule has 0 N–H and O–H groups in total. The summed E-state index contributed by atoms with van der Waals surface area (Å²) in [6, 6.07) is 6.72. The van der Waals surface area contributed by atoms with E-state index in [2.05, 4.69) is 45.9 Å². The fourth-order valence-corrected chi connectivity index (χ4v) is 2.48. The van der Waals surface area contributed by atoms with Gasteiger partial charge in [0, 0.05) is 0 Å². The van der Waals surface area contributed by atoms with Crippen LogP contribution in [0.1, 0.15) is 56.7 Å². The smallest absolute Gasteiger partial charge is 0.0271 e. The van der Waals surface area contributed by atoms with Gasteiger partial charge in [-0.2, -0.15) is 0 Å². The Balaban J connectivity index is 2.65. The van der Waals surface area contributed by atoms with Crippen LogP contribution in [-0.4, -0.2) is 0 Å². The van der Waals surface area contributed by atoms with Crippen LogP contribution < -0.4 is 0 Å². The predicted molar refractivity (Wildman–Crippen MR) is 73.0 cm³/mol. The van der Waals surface area contributed by atoms with Gasteiger partial charge in [0.15, 0.2) is 0 Å². The summed E-state index contributed by atoms with van der Waals surface area (Å²) >= 11 is 0. The van der Waals surface area contributed by atoms with Gasteiger partial charge in [0.05, 0.1) is 0 Å². The molecular formula is C16H26. The van der Waals surface area contributed by atoms with Gasteiger partial charge in [0.25, 0.3) is 0 Å². The molecule has 1 atom stereocenters. The van der Waals surface area contributed by atoms with E-state index in [4.69, 9.17) is 0 Å². The average Bonchev–Trinajstić information content (AvgIpc) is 2.27. The molecule has 0 spiro atoms. The number of rotatable bonds is 6. The Kier molecular flexibility index (Phi) is 5.59. The third-order valence-corrected chi connectivity index (χ3v) is 3.56. The van der Waals surface area contributed by atoms with Crippen molar-refractivity contribution in [3.8, 4) is 0 Å². The fourth-order valence-electron chi connectivity index (χ4n) is 2.48. The molecule has 0 radical (unpaired) electrons. The topological polar surface area (TPSA) is 0 Å². The highest BCUT2D eigenvalue weighted by Gasteiger charge is 2.06. The third kappa shape index (κ3) is 3.66. The van der Waals surface area contributed by atoms with Crippen LogP contribution in [0.15, 0.2) is 18.2 Å². The molecular weight excluding hydrogens is 192 g/mol. The van der Waals surface area contributed by atoms with E-state index in [0.29, 0.717) is 0 Å². The van der Waals surface area contributed by atoms with Crippen LogP contribution in [0.5, 0.6) is 0 Å². The highest BCUT2D eigenvalue weighted by Crippen LogP contribution is 2.20. The molecule has 0 aliphatic rings. The van der Waals surface area contributed by atoms with Gasteiger partial charge in [-0.25, -0.2) is 0 Å². The summed E-state index contributed by atoms with van der Waals surface area (Å²) in [5, 5.41) is 0. The second-order valence-corrected chi connectivity index (χ2v) is 5.00. The van der Waals surface area contributed by atoms with E-state index in [9.17, 15) is 0 Å². The number of hydrogen-bond acceptors (Lipinski definition) is 0. The second kappa shape index (κ2) is 6.73. The van der Waals surface area contributed by atoms with E-state index < -0.39 is 0 Å². The summed E-state index contributed by atoms with van der Waals surface area (Å²) in [6.07, 6.45) is 6.45. The molecule has 90 valence electrons. The average molecular weight is 218 g/mol. The SMILES string of the molecule is CCCC(C)CCc1c(C)cccc1CC. The highest BCUT2D eigenvalue weighted by atomic mass is 14.1.